The number of carbonyl (C=O) groups is 1. The molecule has 5 nitrogen and oxygen atoms in total. The topological polar surface area (TPSA) is 75.1 Å². The number of aryl methyl sites for hydroxylation is 1. The summed E-state index contributed by atoms with van der Waals surface area (Å²) in [5.74, 6) is -0.934. The summed E-state index contributed by atoms with van der Waals surface area (Å²) in [5.41, 5.74) is 1.08. The zero-order valence-electron chi connectivity index (χ0n) is 8.86. The molecule has 0 aliphatic carbocycles. The van der Waals surface area contributed by atoms with E-state index in [1.165, 1.54) is 4.68 Å². The van der Waals surface area contributed by atoms with E-state index >= 15 is 0 Å². The number of aliphatic carboxylic acids is 1. The van der Waals surface area contributed by atoms with Crippen molar-refractivity contribution in [2.75, 3.05) is 0 Å². The molecule has 0 saturated carbocycles. The molecule has 1 heterocycles. The van der Waals surface area contributed by atoms with Crippen LogP contribution < -0.4 is 5.56 Å². The lowest BCUT2D eigenvalue weighted by Crippen LogP contribution is -2.16. The molecule has 5 heteroatoms. The van der Waals surface area contributed by atoms with Crippen LogP contribution in [0.2, 0.25) is 0 Å². The van der Waals surface area contributed by atoms with Crippen LogP contribution in [-0.2, 0) is 17.8 Å². The van der Waals surface area contributed by atoms with Crippen LogP contribution in [0.3, 0.4) is 0 Å². The minimum atomic E-state index is -0.934. The molecule has 16 heavy (non-hydrogen) atoms. The Hall–Kier alpha value is -2.04. The van der Waals surface area contributed by atoms with Gasteiger partial charge in [-0.05, 0) is 18.6 Å². The Morgan fingerprint density at radius 3 is 2.88 bits per heavy atom. The van der Waals surface area contributed by atoms with Crippen LogP contribution in [0.25, 0.3) is 10.9 Å². The van der Waals surface area contributed by atoms with Crippen molar-refractivity contribution in [3.63, 3.8) is 0 Å². The Morgan fingerprint density at radius 2 is 2.25 bits per heavy atom. The van der Waals surface area contributed by atoms with Crippen LogP contribution in [0.5, 0.6) is 0 Å². The van der Waals surface area contributed by atoms with Crippen molar-refractivity contribution >= 4 is 16.9 Å². The van der Waals surface area contributed by atoms with Gasteiger partial charge in [-0.15, -0.1) is 0 Å². The van der Waals surface area contributed by atoms with Crippen molar-refractivity contribution in [2.24, 2.45) is 0 Å². The second-order valence-corrected chi connectivity index (χ2v) is 3.57. The van der Waals surface area contributed by atoms with Crippen LogP contribution in [0.15, 0.2) is 23.0 Å². The Kier molecular flexibility index (Phi) is 2.52. The lowest BCUT2D eigenvalue weighted by atomic mass is 10.1. The zero-order chi connectivity index (χ0) is 11.7. The molecule has 0 unspecified atom stereocenters. The number of nitrogens with zero attached hydrogens (tertiary/aromatic N) is 1. The SMILES string of the molecule is CCn1[nH]c2cccc(CC(=O)O)c2c1=O. The molecule has 84 valence electrons. The molecule has 2 N–H and O–H groups in total. The van der Waals surface area contributed by atoms with E-state index in [0.717, 1.165) is 0 Å². The van der Waals surface area contributed by atoms with Crippen molar-refractivity contribution < 1.29 is 9.90 Å². The molecule has 2 aromatic rings. The van der Waals surface area contributed by atoms with Gasteiger partial charge < -0.3 is 5.11 Å². The highest BCUT2D eigenvalue weighted by Gasteiger charge is 2.11. The van der Waals surface area contributed by atoms with Crippen molar-refractivity contribution in [2.45, 2.75) is 19.9 Å². The normalized spacial score (nSPS) is 10.8. The van der Waals surface area contributed by atoms with Crippen LogP contribution in [0.1, 0.15) is 12.5 Å². The number of carboxylic acid groups (broad SMARTS) is 1. The molecular weight excluding hydrogens is 208 g/mol. The van der Waals surface area contributed by atoms with Gasteiger partial charge in [-0.1, -0.05) is 12.1 Å². The number of nitrogens with one attached hydrogen (secondary N) is 1. The van der Waals surface area contributed by atoms with Gasteiger partial charge in [0.25, 0.3) is 5.56 Å². The summed E-state index contributed by atoms with van der Waals surface area (Å²) in [6.07, 6.45) is -0.131. The summed E-state index contributed by atoms with van der Waals surface area (Å²) < 4.78 is 1.47. The molecular formula is C11H12N2O3. The predicted molar refractivity (Wildman–Crippen MR) is 59.6 cm³/mol. The molecule has 1 aromatic heterocycles. The highest BCUT2D eigenvalue weighted by atomic mass is 16.4. The fourth-order valence-electron chi connectivity index (χ4n) is 1.81. The minimum absolute atomic E-state index is 0.131. The Bertz CT molecular complexity index is 595. The third-order valence-corrected chi connectivity index (χ3v) is 2.52. The molecule has 0 fully saturated rings. The highest BCUT2D eigenvalue weighted by molar-refractivity contribution is 5.85. The summed E-state index contributed by atoms with van der Waals surface area (Å²) in [4.78, 5) is 22.6. The molecule has 0 spiro atoms. The summed E-state index contributed by atoms with van der Waals surface area (Å²) in [6, 6.07) is 5.19. The average molecular weight is 220 g/mol. The summed E-state index contributed by atoms with van der Waals surface area (Å²) >= 11 is 0. The highest BCUT2D eigenvalue weighted by Crippen LogP contribution is 2.14. The summed E-state index contributed by atoms with van der Waals surface area (Å²) in [7, 11) is 0. The third kappa shape index (κ3) is 1.60. The van der Waals surface area contributed by atoms with Crippen LogP contribution in [-0.4, -0.2) is 20.9 Å². The maximum absolute atomic E-state index is 11.9. The van der Waals surface area contributed by atoms with E-state index in [4.69, 9.17) is 5.11 Å². The maximum atomic E-state index is 11.9. The monoisotopic (exact) mass is 220 g/mol. The standard InChI is InChI=1S/C11H12N2O3/c1-2-13-11(16)10-7(6-9(14)15)4-3-5-8(10)12-13/h3-5,12H,2,6H2,1H3,(H,14,15). The number of H-pyrrole nitrogens is 1. The third-order valence-electron chi connectivity index (χ3n) is 2.52. The first kappa shape index (κ1) is 10.5. The number of aromatic nitrogens is 2. The molecule has 0 saturated heterocycles. The van der Waals surface area contributed by atoms with Gasteiger partial charge in [0.15, 0.2) is 0 Å². The second-order valence-electron chi connectivity index (χ2n) is 3.57. The second kappa shape index (κ2) is 3.84. The first-order chi connectivity index (χ1) is 7.63. The van der Waals surface area contributed by atoms with Gasteiger partial charge in [0.05, 0.1) is 17.3 Å². The smallest absolute Gasteiger partial charge is 0.307 e. The van der Waals surface area contributed by atoms with Crippen molar-refractivity contribution in [1.82, 2.24) is 9.78 Å². The van der Waals surface area contributed by atoms with E-state index in [1.54, 1.807) is 18.2 Å². The van der Waals surface area contributed by atoms with Crippen LogP contribution in [0.4, 0.5) is 0 Å². The maximum Gasteiger partial charge on any atom is 0.307 e. The van der Waals surface area contributed by atoms with Gasteiger partial charge in [0.2, 0.25) is 0 Å². The van der Waals surface area contributed by atoms with E-state index in [-0.39, 0.29) is 12.0 Å². The number of rotatable bonds is 3. The van der Waals surface area contributed by atoms with E-state index in [2.05, 4.69) is 5.10 Å². The van der Waals surface area contributed by atoms with Gasteiger partial charge in [0, 0.05) is 6.54 Å². The number of aromatic amines is 1. The van der Waals surface area contributed by atoms with Gasteiger partial charge in [-0.25, -0.2) is 0 Å². The molecule has 0 radical (unpaired) electrons. The lowest BCUT2D eigenvalue weighted by molar-refractivity contribution is -0.136. The van der Waals surface area contributed by atoms with E-state index < -0.39 is 5.97 Å². The first-order valence-electron chi connectivity index (χ1n) is 5.05. The fourth-order valence-corrected chi connectivity index (χ4v) is 1.81. The average Bonchev–Trinajstić information content (AvgIpc) is 2.56. The molecule has 0 aliphatic heterocycles. The predicted octanol–water partition coefficient (Wildman–Crippen LogP) is 0.977. The Morgan fingerprint density at radius 1 is 1.50 bits per heavy atom. The number of carboxylic acids is 1. The number of hydrogen-bond acceptors (Lipinski definition) is 2. The van der Waals surface area contributed by atoms with Gasteiger partial charge >= 0.3 is 5.97 Å². The number of benzene rings is 1. The fraction of sp³-hybridized carbons (Fsp3) is 0.273. The first-order valence-corrected chi connectivity index (χ1v) is 5.05. The molecule has 0 bridgehead atoms. The zero-order valence-corrected chi connectivity index (χ0v) is 8.86. The molecule has 0 atom stereocenters. The number of fused-ring (bicyclic) bond motifs is 1. The molecule has 0 aliphatic rings. The van der Waals surface area contributed by atoms with Crippen LogP contribution in [0, 0.1) is 0 Å². The van der Waals surface area contributed by atoms with E-state index in [1.807, 2.05) is 6.92 Å². The summed E-state index contributed by atoms with van der Waals surface area (Å²) in [6.45, 7) is 2.40. The molecule has 1 aromatic carbocycles. The Labute approximate surface area is 91.3 Å². The van der Waals surface area contributed by atoms with E-state index in [0.29, 0.717) is 23.0 Å². The largest absolute Gasteiger partial charge is 0.481 e. The van der Waals surface area contributed by atoms with Gasteiger partial charge in [-0.3, -0.25) is 19.4 Å². The lowest BCUT2D eigenvalue weighted by Gasteiger charge is -1.96. The number of hydrogen-bond donors (Lipinski definition) is 2. The van der Waals surface area contributed by atoms with Crippen LogP contribution >= 0.6 is 0 Å². The Balaban J connectivity index is 2.71. The quantitative estimate of drug-likeness (QED) is 0.809. The summed E-state index contributed by atoms with van der Waals surface area (Å²) in [5, 5.41) is 12.2. The molecule has 2 rings (SSSR count). The van der Waals surface area contributed by atoms with E-state index in [9.17, 15) is 9.59 Å². The van der Waals surface area contributed by atoms with Gasteiger partial charge in [0.1, 0.15) is 0 Å². The van der Waals surface area contributed by atoms with Crippen molar-refractivity contribution in [3.8, 4) is 0 Å². The molecule has 0 amide bonds. The van der Waals surface area contributed by atoms with Crippen molar-refractivity contribution in [1.29, 1.82) is 0 Å². The van der Waals surface area contributed by atoms with Gasteiger partial charge in [-0.2, -0.15) is 0 Å². The minimum Gasteiger partial charge on any atom is -0.481 e. The van der Waals surface area contributed by atoms with Crippen molar-refractivity contribution in [3.05, 3.63) is 34.1 Å².